The molecule has 10 rings (SSSR count). The summed E-state index contributed by atoms with van der Waals surface area (Å²) in [5.41, 5.74) is 10.5. The quantitative estimate of drug-likeness (QED) is 0.159. The standard InChI is InChI=1S/C52H35N/c1-2-15-36(16-3-1)40-22-12-23-43(34-40)53(51-35-41-20-7-9-25-45(41)47-26-10-11-27-48(47)51)50-30-14-28-46(42-32-31-37-17-4-5-19-39(37)33-42)52(50)49-29-13-21-38-18-6-8-24-44(38)49/h1-35H. The molecule has 248 valence electrons. The molecule has 1 nitrogen and oxygen atoms in total. The first-order valence-electron chi connectivity index (χ1n) is 18.3. The highest BCUT2D eigenvalue weighted by atomic mass is 15.1. The normalized spacial score (nSPS) is 11.4. The largest absolute Gasteiger partial charge is 0.309 e. The number of anilines is 3. The van der Waals surface area contributed by atoms with Crippen molar-refractivity contribution in [3.05, 3.63) is 212 Å². The lowest BCUT2D eigenvalue weighted by atomic mass is 9.88. The molecule has 0 saturated carbocycles. The maximum atomic E-state index is 2.50. The Morgan fingerprint density at radius 1 is 0.264 bits per heavy atom. The van der Waals surface area contributed by atoms with Crippen LogP contribution in [0.5, 0.6) is 0 Å². The number of rotatable bonds is 6. The van der Waals surface area contributed by atoms with Crippen molar-refractivity contribution in [2.24, 2.45) is 0 Å². The smallest absolute Gasteiger partial charge is 0.0546 e. The zero-order valence-electron chi connectivity index (χ0n) is 29.2. The van der Waals surface area contributed by atoms with Gasteiger partial charge in [-0.15, -0.1) is 0 Å². The van der Waals surface area contributed by atoms with Crippen molar-refractivity contribution >= 4 is 60.2 Å². The van der Waals surface area contributed by atoms with E-state index in [1.54, 1.807) is 0 Å². The van der Waals surface area contributed by atoms with Crippen molar-refractivity contribution in [3.8, 4) is 33.4 Å². The van der Waals surface area contributed by atoms with E-state index in [1.165, 1.54) is 76.5 Å². The lowest BCUT2D eigenvalue weighted by Crippen LogP contribution is -2.12. The molecule has 1 heteroatoms. The van der Waals surface area contributed by atoms with E-state index in [-0.39, 0.29) is 0 Å². The van der Waals surface area contributed by atoms with Crippen molar-refractivity contribution in [1.29, 1.82) is 0 Å². The van der Waals surface area contributed by atoms with Gasteiger partial charge in [0.2, 0.25) is 0 Å². The molecule has 0 spiro atoms. The van der Waals surface area contributed by atoms with Gasteiger partial charge in [0.25, 0.3) is 0 Å². The second kappa shape index (κ2) is 13.0. The molecule has 0 aliphatic rings. The van der Waals surface area contributed by atoms with E-state index in [9.17, 15) is 0 Å². The van der Waals surface area contributed by atoms with E-state index in [0.717, 1.165) is 17.1 Å². The summed E-state index contributed by atoms with van der Waals surface area (Å²) in [7, 11) is 0. The van der Waals surface area contributed by atoms with E-state index < -0.39 is 0 Å². The lowest BCUT2D eigenvalue weighted by molar-refractivity contribution is 1.30. The Morgan fingerprint density at radius 3 is 1.72 bits per heavy atom. The first-order chi connectivity index (χ1) is 26.3. The Hall–Kier alpha value is -6.96. The molecule has 0 aliphatic heterocycles. The van der Waals surface area contributed by atoms with Gasteiger partial charge in [-0.3, -0.25) is 0 Å². The van der Waals surface area contributed by atoms with Crippen LogP contribution in [0.1, 0.15) is 0 Å². The van der Waals surface area contributed by atoms with Crippen LogP contribution < -0.4 is 4.90 Å². The minimum atomic E-state index is 1.10. The number of fused-ring (bicyclic) bond motifs is 5. The van der Waals surface area contributed by atoms with Gasteiger partial charge >= 0.3 is 0 Å². The lowest BCUT2D eigenvalue weighted by Gasteiger charge is -2.31. The van der Waals surface area contributed by atoms with Crippen LogP contribution in [-0.4, -0.2) is 0 Å². The number of hydrogen-bond donors (Lipinski definition) is 0. The fraction of sp³-hybridized carbons (Fsp3) is 0. The molecule has 0 unspecified atom stereocenters. The molecule has 0 radical (unpaired) electrons. The Balaban J connectivity index is 1.34. The molecule has 0 atom stereocenters. The molecule has 0 heterocycles. The zero-order chi connectivity index (χ0) is 35.1. The molecule has 10 aromatic carbocycles. The first kappa shape index (κ1) is 30.8. The van der Waals surface area contributed by atoms with Gasteiger partial charge in [0.05, 0.1) is 11.4 Å². The Morgan fingerprint density at radius 2 is 0.868 bits per heavy atom. The van der Waals surface area contributed by atoms with Gasteiger partial charge < -0.3 is 4.90 Å². The third-order valence-corrected chi connectivity index (χ3v) is 10.6. The van der Waals surface area contributed by atoms with Crippen molar-refractivity contribution in [1.82, 2.24) is 0 Å². The van der Waals surface area contributed by atoms with Crippen molar-refractivity contribution in [2.45, 2.75) is 0 Å². The zero-order valence-corrected chi connectivity index (χ0v) is 29.2. The van der Waals surface area contributed by atoms with Gasteiger partial charge in [-0.05, 0) is 95.9 Å². The first-order valence-corrected chi connectivity index (χ1v) is 18.3. The van der Waals surface area contributed by atoms with Crippen LogP contribution in [-0.2, 0) is 0 Å². The molecule has 0 N–H and O–H groups in total. The van der Waals surface area contributed by atoms with E-state index in [0.29, 0.717) is 0 Å². The summed E-state index contributed by atoms with van der Waals surface area (Å²) in [4.78, 5) is 2.50. The molecular formula is C52H35N. The van der Waals surface area contributed by atoms with Gasteiger partial charge in [-0.25, -0.2) is 0 Å². The van der Waals surface area contributed by atoms with Crippen LogP contribution in [0.3, 0.4) is 0 Å². The van der Waals surface area contributed by atoms with E-state index >= 15 is 0 Å². The van der Waals surface area contributed by atoms with Gasteiger partial charge in [0.1, 0.15) is 0 Å². The molecule has 0 aliphatic carbocycles. The van der Waals surface area contributed by atoms with Gasteiger partial charge in [0.15, 0.2) is 0 Å². The predicted molar refractivity (Wildman–Crippen MR) is 227 cm³/mol. The van der Waals surface area contributed by atoms with Gasteiger partial charge in [-0.1, -0.05) is 182 Å². The minimum absolute atomic E-state index is 1.10. The predicted octanol–water partition coefficient (Wildman–Crippen LogP) is 14.8. The Bertz CT molecular complexity index is 2950. The Kier molecular flexibility index (Phi) is 7.55. The van der Waals surface area contributed by atoms with E-state index in [1.807, 2.05) is 0 Å². The minimum Gasteiger partial charge on any atom is -0.309 e. The highest BCUT2D eigenvalue weighted by Gasteiger charge is 2.24. The molecular weight excluding hydrogens is 639 g/mol. The molecule has 0 aromatic heterocycles. The Labute approximate surface area is 309 Å². The number of hydrogen-bond acceptors (Lipinski definition) is 1. The second-order valence-electron chi connectivity index (χ2n) is 13.7. The summed E-state index contributed by atoms with van der Waals surface area (Å²) in [6.07, 6.45) is 0. The fourth-order valence-corrected chi connectivity index (χ4v) is 8.13. The summed E-state index contributed by atoms with van der Waals surface area (Å²) < 4.78 is 0. The van der Waals surface area contributed by atoms with Crippen molar-refractivity contribution in [3.63, 3.8) is 0 Å². The van der Waals surface area contributed by atoms with E-state index in [4.69, 9.17) is 0 Å². The fourth-order valence-electron chi connectivity index (χ4n) is 8.13. The summed E-state index contributed by atoms with van der Waals surface area (Å²) >= 11 is 0. The van der Waals surface area contributed by atoms with Crippen LogP contribution in [0.15, 0.2) is 212 Å². The summed E-state index contributed by atoms with van der Waals surface area (Å²) in [6.45, 7) is 0. The maximum Gasteiger partial charge on any atom is 0.0546 e. The molecule has 0 amide bonds. The number of nitrogens with zero attached hydrogens (tertiary/aromatic N) is 1. The summed E-state index contributed by atoms with van der Waals surface area (Å²) in [5.74, 6) is 0. The summed E-state index contributed by atoms with van der Waals surface area (Å²) in [6, 6.07) is 77.5. The maximum absolute atomic E-state index is 2.50. The topological polar surface area (TPSA) is 3.24 Å². The average molecular weight is 674 g/mol. The molecule has 53 heavy (non-hydrogen) atoms. The third-order valence-electron chi connectivity index (χ3n) is 10.6. The van der Waals surface area contributed by atoms with Crippen LogP contribution in [0, 0.1) is 0 Å². The second-order valence-corrected chi connectivity index (χ2v) is 13.7. The molecule has 10 aromatic rings. The SMILES string of the molecule is c1ccc(-c2cccc(N(c3cccc(-c4ccc5ccccc5c4)c3-c3cccc4ccccc34)c3cc4ccccc4c4ccccc34)c2)cc1. The molecule has 0 bridgehead atoms. The summed E-state index contributed by atoms with van der Waals surface area (Å²) in [5, 5.41) is 9.82. The average Bonchev–Trinajstić information content (AvgIpc) is 3.24. The van der Waals surface area contributed by atoms with E-state index in [2.05, 4.69) is 217 Å². The van der Waals surface area contributed by atoms with Crippen LogP contribution in [0.25, 0.3) is 76.5 Å². The molecule has 0 saturated heterocycles. The van der Waals surface area contributed by atoms with Crippen molar-refractivity contribution in [2.75, 3.05) is 4.90 Å². The number of benzene rings is 10. The van der Waals surface area contributed by atoms with Crippen molar-refractivity contribution < 1.29 is 0 Å². The van der Waals surface area contributed by atoms with Crippen LogP contribution in [0.2, 0.25) is 0 Å². The highest BCUT2D eigenvalue weighted by molar-refractivity contribution is 6.16. The highest BCUT2D eigenvalue weighted by Crippen LogP contribution is 2.50. The van der Waals surface area contributed by atoms with Gasteiger partial charge in [-0.2, -0.15) is 0 Å². The van der Waals surface area contributed by atoms with Crippen LogP contribution in [0.4, 0.5) is 17.1 Å². The van der Waals surface area contributed by atoms with Crippen LogP contribution >= 0.6 is 0 Å². The third kappa shape index (κ3) is 5.42. The molecule has 0 fully saturated rings. The van der Waals surface area contributed by atoms with Gasteiger partial charge in [0, 0.05) is 16.6 Å². The monoisotopic (exact) mass is 673 g/mol.